The lowest BCUT2D eigenvalue weighted by Crippen LogP contribution is -2.08. The van der Waals surface area contributed by atoms with Crippen LogP contribution in [0, 0.1) is 17.7 Å². The summed E-state index contributed by atoms with van der Waals surface area (Å²) < 4.78 is 5.25. The van der Waals surface area contributed by atoms with Crippen molar-refractivity contribution in [2.75, 3.05) is 0 Å². The standard InChI is InChI=1S/C16H16O2.N2/c1-13-7-5-6-10-15(13)11-16(17)18-12-14-8-3-2-4-9-14;1-2/h2-10H,11-12H2,1H3;. The van der Waals surface area contributed by atoms with Gasteiger partial charge < -0.3 is 4.74 Å². The zero-order chi connectivity index (χ0) is 14.8. The summed E-state index contributed by atoms with van der Waals surface area (Å²) in [5.41, 5.74) is 3.15. The Balaban J connectivity index is 0.000000956. The number of benzene rings is 2. The predicted octanol–water partition coefficient (Wildman–Crippen LogP) is 3.31. The molecule has 102 valence electrons. The first-order valence-electron chi connectivity index (χ1n) is 6.20. The highest BCUT2D eigenvalue weighted by molar-refractivity contribution is 5.73. The zero-order valence-electron chi connectivity index (χ0n) is 11.3. The number of aryl methyl sites for hydroxylation is 1. The molecule has 0 unspecified atom stereocenters. The van der Waals surface area contributed by atoms with Crippen LogP contribution < -0.4 is 0 Å². The molecule has 4 heteroatoms. The molecular weight excluding hydrogens is 252 g/mol. The van der Waals surface area contributed by atoms with Gasteiger partial charge in [0.05, 0.1) is 6.42 Å². The average Bonchev–Trinajstić information content (AvgIpc) is 2.51. The molecule has 0 saturated carbocycles. The van der Waals surface area contributed by atoms with E-state index in [1.54, 1.807) is 0 Å². The maximum Gasteiger partial charge on any atom is 0.310 e. The molecule has 0 aliphatic rings. The highest BCUT2D eigenvalue weighted by Crippen LogP contribution is 2.09. The number of carbonyl (C=O) groups is 1. The van der Waals surface area contributed by atoms with E-state index in [4.69, 9.17) is 15.5 Å². The molecule has 2 aromatic rings. The zero-order valence-corrected chi connectivity index (χ0v) is 11.3. The second-order valence-corrected chi connectivity index (χ2v) is 4.25. The van der Waals surface area contributed by atoms with E-state index in [2.05, 4.69) is 0 Å². The van der Waals surface area contributed by atoms with Gasteiger partial charge in [-0.25, -0.2) is 0 Å². The minimum Gasteiger partial charge on any atom is -0.461 e. The van der Waals surface area contributed by atoms with E-state index in [1.165, 1.54) is 0 Å². The normalized spacial score (nSPS) is 9.15. The van der Waals surface area contributed by atoms with Gasteiger partial charge in [-0.2, -0.15) is 0 Å². The van der Waals surface area contributed by atoms with Crippen LogP contribution in [0.5, 0.6) is 0 Å². The Morgan fingerprint density at radius 2 is 1.60 bits per heavy atom. The Kier molecular flexibility index (Phi) is 6.49. The lowest BCUT2D eigenvalue weighted by molar-refractivity contribution is -0.144. The minimum atomic E-state index is -0.187. The minimum absolute atomic E-state index is 0.187. The molecule has 0 atom stereocenters. The third-order valence-corrected chi connectivity index (χ3v) is 2.84. The molecular formula is C16H16N2O2. The van der Waals surface area contributed by atoms with Gasteiger partial charge in [-0.1, -0.05) is 54.6 Å². The molecule has 2 rings (SSSR count). The molecule has 2 aromatic carbocycles. The number of hydrogen-bond donors (Lipinski definition) is 0. The quantitative estimate of drug-likeness (QED) is 0.629. The van der Waals surface area contributed by atoms with Crippen LogP contribution in [0.2, 0.25) is 0 Å². The van der Waals surface area contributed by atoms with Crippen molar-refractivity contribution in [3.05, 3.63) is 71.3 Å². The van der Waals surface area contributed by atoms with E-state index in [9.17, 15) is 4.79 Å². The summed E-state index contributed by atoms with van der Waals surface area (Å²) in [6, 6.07) is 17.6. The van der Waals surface area contributed by atoms with Crippen LogP contribution in [-0.2, 0) is 22.6 Å². The molecule has 4 nitrogen and oxygen atoms in total. The number of hydrogen-bond acceptors (Lipinski definition) is 4. The third kappa shape index (κ3) is 4.91. The van der Waals surface area contributed by atoms with Crippen molar-refractivity contribution >= 4 is 5.97 Å². The van der Waals surface area contributed by atoms with Gasteiger partial charge in [-0.15, -0.1) is 0 Å². The summed E-state index contributed by atoms with van der Waals surface area (Å²) in [6.45, 7) is 2.34. The Morgan fingerprint density at radius 1 is 1.00 bits per heavy atom. The maximum absolute atomic E-state index is 11.7. The van der Waals surface area contributed by atoms with Crippen LogP contribution in [0.3, 0.4) is 0 Å². The van der Waals surface area contributed by atoms with Crippen LogP contribution >= 0.6 is 0 Å². The van der Waals surface area contributed by atoms with E-state index >= 15 is 0 Å². The first-order chi connectivity index (χ1) is 9.75. The fourth-order valence-electron chi connectivity index (χ4n) is 1.75. The smallest absolute Gasteiger partial charge is 0.310 e. The van der Waals surface area contributed by atoms with Gasteiger partial charge in [0.15, 0.2) is 0 Å². The Bertz CT molecular complexity index is 565. The molecule has 20 heavy (non-hydrogen) atoms. The Hall–Kier alpha value is -2.67. The Labute approximate surface area is 118 Å². The van der Waals surface area contributed by atoms with Gasteiger partial charge >= 0.3 is 5.97 Å². The highest BCUT2D eigenvalue weighted by Gasteiger charge is 2.06. The molecule has 0 heterocycles. The van der Waals surface area contributed by atoms with Crippen LogP contribution in [-0.4, -0.2) is 5.97 Å². The lowest BCUT2D eigenvalue weighted by atomic mass is 10.1. The van der Waals surface area contributed by atoms with Crippen molar-refractivity contribution in [1.82, 2.24) is 0 Å². The summed E-state index contributed by atoms with van der Waals surface area (Å²) in [7, 11) is 0. The summed E-state index contributed by atoms with van der Waals surface area (Å²) in [4.78, 5) is 11.7. The van der Waals surface area contributed by atoms with Crippen LogP contribution in [0.15, 0.2) is 54.6 Å². The highest BCUT2D eigenvalue weighted by atomic mass is 16.5. The summed E-state index contributed by atoms with van der Waals surface area (Å²) in [5.74, 6) is -0.187. The number of rotatable bonds is 4. The van der Waals surface area contributed by atoms with Crippen LogP contribution in [0.4, 0.5) is 0 Å². The second-order valence-electron chi connectivity index (χ2n) is 4.25. The van der Waals surface area contributed by atoms with Gasteiger partial charge in [0.1, 0.15) is 6.61 Å². The van der Waals surface area contributed by atoms with Gasteiger partial charge in [-0.05, 0) is 23.6 Å². The molecule has 0 bridgehead atoms. The summed E-state index contributed by atoms with van der Waals surface area (Å²) in [5, 5.41) is 12.0. The van der Waals surface area contributed by atoms with Crippen LogP contribution in [0.25, 0.3) is 0 Å². The number of nitrogens with zero attached hydrogens (tertiary/aromatic N) is 2. The van der Waals surface area contributed by atoms with Crippen molar-refractivity contribution < 1.29 is 9.53 Å². The molecule has 0 aliphatic heterocycles. The topological polar surface area (TPSA) is 73.9 Å². The first-order valence-corrected chi connectivity index (χ1v) is 6.20. The second kappa shape index (κ2) is 8.44. The first kappa shape index (κ1) is 15.4. The SMILES string of the molecule is Cc1ccccc1CC(=O)OCc1ccccc1.N#N. The molecule has 0 amide bonds. The molecule has 0 aliphatic carbocycles. The number of ether oxygens (including phenoxy) is 1. The summed E-state index contributed by atoms with van der Waals surface area (Å²) >= 11 is 0. The predicted molar refractivity (Wildman–Crippen MR) is 74.6 cm³/mol. The van der Waals surface area contributed by atoms with E-state index in [1.807, 2.05) is 61.5 Å². The van der Waals surface area contributed by atoms with Crippen molar-refractivity contribution in [3.8, 4) is 0 Å². The van der Waals surface area contributed by atoms with Crippen LogP contribution in [0.1, 0.15) is 16.7 Å². The fraction of sp³-hybridized carbons (Fsp3) is 0.188. The van der Waals surface area contributed by atoms with Crippen molar-refractivity contribution in [3.63, 3.8) is 0 Å². The van der Waals surface area contributed by atoms with Crippen molar-refractivity contribution in [1.29, 1.82) is 10.8 Å². The Morgan fingerprint density at radius 3 is 2.25 bits per heavy atom. The molecule has 0 spiro atoms. The van der Waals surface area contributed by atoms with Gasteiger partial charge in [0.25, 0.3) is 0 Å². The third-order valence-electron chi connectivity index (χ3n) is 2.84. The van der Waals surface area contributed by atoms with E-state index in [-0.39, 0.29) is 5.97 Å². The summed E-state index contributed by atoms with van der Waals surface area (Å²) in [6.07, 6.45) is 0.333. The molecule has 0 radical (unpaired) electrons. The average molecular weight is 268 g/mol. The molecule has 0 fully saturated rings. The monoisotopic (exact) mass is 268 g/mol. The number of carbonyl (C=O) groups excluding carboxylic acids is 1. The molecule has 0 aromatic heterocycles. The largest absolute Gasteiger partial charge is 0.461 e. The van der Waals surface area contributed by atoms with E-state index in [0.29, 0.717) is 13.0 Å². The van der Waals surface area contributed by atoms with E-state index < -0.39 is 0 Å². The van der Waals surface area contributed by atoms with E-state index in [0.717, 1.165) is 16.7 Å². The maximum atomic E-state index is 11.7. The lowest BCUT2D eigenvalue weighted by Gasteiger charge is -2.06. The number of esters is 1. The van der Waals surface area contributed by atoms with Crippen molar-refractivity contribution in [2.24, 2.45) is 0 Å². The van der Waals surface area contributed by atoms with Gasteiger partial charge in [0.2, 0.25) is 0 Å². The van der Waals surface area contributed by atoms with Gasteiger partial charge in [0, 0.05) is 10.8 Å². The van der Waals surface area contributed by atoms with Gasteiger partial charge in [-0.3, -0.25) is 4.79 Å². The fourth-order valence-corrected chi connectivity index (χ4v) is 1.75. The molecule has 0 N–H and O–H groups in total. The van der Waals surface area contributed by atoms with Crippen molar-refractivity contribution in [2.45, 2.75) is 20.0 Å². The molecule has 0 saturated heterocycles.